The summed E-state index contributed by atoms with van der Waals surface area (Å²) in [4.78, 5) is 1.27. The van der Waals surface area contributed by atoms with Crippen LogP contribution in [0, 0.1) is 5.92 Å². The second-order valence-electron chi connectivity index (χ2n) is 5.72. The Morgan fingerprint density at radius 2 is 1.83 bits per heavy atom. The molecule has 1 atom stereocenters. The summed E-state index contributed by atoms with van der Waals surface area (Å²) in [5.41, 5.74) is 0.175. The summed E-state index contributed by atoms with van der Waals surface area (Å²) < 4.78 is 5.78. The maximum absolute atomic E-state index is 5.78. The van der Waals surface area contributed by atoms with E-state index in [9.17, 15) is 0 Å². The van der Waals surface area contributed by atoms with Crippen LogP contribution in [0.4, 0.5) is 0 Å². The fourth-order valence-electron chi connectivity index (χ4n) is 1.45. The molecule has 1 rings (SSSR count). The van der Waals surface area contributed by atoms with Gasteiger partial charge in [0.05, 0.1) is 6.61 Å². The standard InChI is InChI=1S/C15H25NOS/c1-12(10-16-15(2,3)4)11-17-13-6-8-14(18-5)9-7-13/h6-9,12,16H,10-11H2,1-5H3. The molecule has 0 amide bonds. The van der Waals surface area contributed by atoms with Crippen LogP contribution >= 0.6 is 11.8 Å². The summed E-state index contributed by atoms with van der Waals surface area (Å²) in [6.45, 7) is 10.5. The van der Waals surface area contributed by atoms with E-state index in [0.717, 1.165) is 18.9 Å². The number of nitrogens with one attached hydrogen (secondary N) is 1. The third-order valence-corrected chi connectivity index (χ3v) is 3.32. The Bertz CT molecular complexity index is 343. The maximum atomic E-state index is 5.78. The van der Waals surface area contributed by atoms with Crippen molar-refractivity contribution in [3.8, 4) is 5.75 Å². The zero-order chi connectivity index (χ0) is 13.6. The molecule has 0 saturated heterocycles. The van der Waals surface area contributed by atoms with Gasteiger partial charge in [-0.2, -0.15) is 0 Å². The van der Waals surface area contributed by atoms with Crippen LogP contribution in [0.1, 0.15) is 27.7 Å². The third kappa shape index (κ3) is 6.31. The maximum Gasteiger partial charge on any atom is 0.119 e. The Morgan fingerprint density at radius 1 is 1.22 bits per heavy atom. The molecule has 1 aromatic carbocycles. The van der Waals surface area contributed by atoms with Gasteiger partial charge in [0.25, 0.3) is 0 Å². The van der Waals surface area contributed by atoms with Crippen molar-refractivity contribution in [2.24, 2.45) is 5.92 Å². The number of hydrogen-bond acceptors (Lipinski definition) is 3. The van der Waals surface area contributed by atoms with E-state index in [1.165, 1.54) is 4.90 Å². The summed E-state index contributed by atoms with van der Waals surface area (Å²) in [5.74, 6) is 1.46. The highest BCUT2D eigenvalue weighted by Crippen LogP contribution is 2.19. The van der Waals surface area contributed by atoms with Crippen molar-refractivity contribution in [2.45, 2.75) is 38.1 Å². The number of ether oxygens (including phenoxy) is 1. The highest BCUT2D eigenvalue weighted by Gasteiger charge is 2.11. The van der Waals surface area contributed by atoms with Crippen LogP contribution in [0.3, 0.4) is 0 Å². The van der Waals surface area contributed by atoms with E-state index < -0.39 is 0 Å². The Kier molecular flexibility index (Phi) is 6.03. The van der Waals surface area contributed by atoms with Crippen molar-refractivity contribution in [3.63, 3.8) is 0 Å². The van der Waals surface area contributed by atoms with E-state index >= 15 is 0 Å². The predicted octanol–water partition coefficient (Wildman–Crippen LogP) is 3.81. The molecule has 0 radical (unpaired) electrons. The van der Waals surface area contributed by atoms with Gasteiger partial charge in [-0.05, 0) is 51.3 Å². The molecule has 0 spiro atoms. The van der Waals surface area contributed by atoms with Crippen molar-refractivity contribution in [3.05, 3.63) is 24.3 Å². The normalized spacial score (nSPS) is 13.4. The molecular formula is C15H25NOS. The van der Waals surface area contributed by atoms with Crippen LogP contribution in [0.2, 0.25) is 0 Å². The van der Waals surface area contributed by atoms with Gasteiger partial charge in [-0.1, -0.05) is 6.92 Å². The van der Waals surface area contributed by atoms with E-state index in [1.807, 2.05) is 12.1 Å². The van der Waals surface area contributed by atoms with Gasteiger partial charge in [-0.15, -0.1) is 11.8 Å². The molecule has 1 N–H and O–H groups in total. The molecule has 0 aromatic heterocycles. The van der Waals surface area contributed by atoms with E-state index in [2.05, 4.69) is 51.4 Å². The lowest BCUT2D eigenvalue weighted by Crippen LogP contribution is -2.39. The molecule has 1 aromatic rings. The van der Waals surface area contributed by atoms with Gasteiger partial charge >= 0.3 is 0 Å². The zero-order valence-electron chi connectivity index (χ0n) is 12.1. The number of benzene rings is 1. The predicted molar refractivity (Wildman–Crippen MR) is 80.6 cm³/mol. The first-order valence-corrected chi connectivity index (χ1v) is 7.65. The molecule has 18 heavy (non-hydrogen) atoms. The van der Waals surface area contributed by atoms with Crippen molar-refractivity contribution in [1.29, 1.82) is 0 Å². The Balaban J connectivity index is 2.31. The average Bonchev–Trinajstić information content (AvgIpc) is 2.33. The molecule has 0 aliphatic rings. The van der Waals surface area contributed by atoms with Crippen molar-refractivity contribution in [1.82, 2.24) is 5.32 Å². The monoisotopic (exact) mass is 267 g/mol. The largest absolute Gasteiger partial charge is 0.493 e. The van der Waals surface area contributed by atoms with Gasteiger partial charge in [0.15, 0.2) is 0 Å². The molecule has 1 unspecified atom stereocenters. The van der Waals surface area contributed by atoms with Gasteiger partial charge in [-0.25, -0.2) is 0 Å². The van der Waals surface area contributed by atoms with Crippen LogP contribution in [0.25, 0.3) is 0 Å². The molecule has 0 bridgehead atoms. The summed E-state index contributed by atoms with van der Waals surface area (Å²) >= 11 is 1.75. The second kappa shape index (κ2) is 7.05. The Hall–Kier alpha value is -0.670. The number of thioether (sulfide) groups is 1. The van der Waals surface area contributed by atoms with Crippen LogP contribution in [-0.4, -0.2) is 24.9 Å². The molecule has 0 aliphatic carbocycles. The van der Waals surface area contributed by atoms with Crippen LogP contribution in [0.5, 0.6) is 5.75 Å². The molecule has 3 heteroatoms. The third-order valence-electron chi connectivity index (χ3n) is 2.57. The van der Waals surface area contributed by atoms with Gasteiger partial charge in [0, 0.05) is 22.9 Å². The lowest BCUT2D eigenvalue weighted by molar-refractivity contribution is 0.244. The topological polar surface area (TPSA) is 21.3 Å². The van der Waals surface area contributed by atoms with Crippen molar-refractivity contribution in [2.75, 3.05) is 19.4 Å². The highest BCUT2D eigenvalue weighted by molar-refractivity contribution is 7.98. The van der Waals surface area contributed by atoms with Crippen LogP contribution in [-0.2, 0) is 0 Å². The molecule has 2 nitrogen and oxygen atoms in total. The molecule has 0 aliphatic heterocycles. The van der Waals surface area contributed by atoms with E-state index in [1.54, 1.807) is 11.8 Å². The van der Waals surface area contributed by atoms with Crippen LogP contribution in [0.15, 0.2) is 29.2 Å². The first-order valence-electron chi connectivity index (χ1n) is 6.42. The second-order valence-corrected chi connectivity index (χ2v) is 6.60. The summed E-state index contributed by atoms with van der Waals surface area (Å²) in [5, 5.41) is 3.49. The number of rotatable bonds is 6. The van der Waals surface area contributed by atoms with Gasteiger partial charge in [0.2, 0.25) is 0 Å². The molecule has 0 fully saturated rings. The van der Waals surface area contributed by atoms with E-state index in [-0.39, 0.29) is 5.54 Å². The smallest absolute Gasteiger partial charge is 0.119 e. The highest BCUT2D eigenvalue weighted by atomic mass is 32.2. The first kappa shape index (κ1) is 15.4. The zero-order valence-corrected chi connectivity index (χ0v) is 12.9. The molecule has 0 heterocycles. The van der Waals surface area contributed by atoms with Gasteiger partial charge < -0.3 is 10.1 Å². The van der Waals surface area contributed by atoms with Gasteiger partial charge in [0.1, 0.15) is 5.75 Å². The van der Waals surface area contributed by atoms with E-state index in [4.69, 9.17) is 4.74 Å². The fourth-order valence-corrected chi connectivity index (χ4v) is 1.86. The Morgan fingerprint density at radius 3 is 2.33 bits per heavy atom. The molecule has 0 saturated carbocycles. The number of hydrogen-bond donors (Lipinski definition) is 1. The first-order chi connectivity index (χ1) is 8.40. The lowest BCUT2D eigenvalue weighted by atomic mass is 10.1. The fraction of sp³-hybridized carbons (Fsp3) is 0.600. The Labute approximate surface area is 116 Å². The van der Waals surface area contributed by atoms with E-state index in [0.29, 0.717) is 5.92 Å². The lowest BCUT2D eigenvalue weighted by Gasteiger charge is -2.23. The summed E-state index contributed by atoms with van der Waals surface area (Å²) in [6.07, 6.45) is 2.08. The summed E-state index contributed by atoms with van der Waals surface area (Å²) in [6, 6.07) is 8.27. The molecular weight excluding hydrogens is 242 g/mol. The summed E-state index contributed by atoms with van der Waals surface area (Å²) in [7, 11) is 0. The minimum atomic E-state index is 0.175. The quantitative estimate of drug-likeness (QED) is 0.792. The average molecular weight is 267 g/mol. The molecule has 102 valence electrons. The van der Waals surface area contributed by atoms with Crippen molar-refractivity contribution < 1.29 is 4.74 Å². The van der Waals surface area contributed by atoms with Crippen molar-refractivity contribution >= 4 is 11.8 Å². The SMILES string of the molecule is CSc1ccc(OCC(C)CNC(C)(C)C)cc1. The minimum absolute atomic E-state index is 0.175. The minimum Gasteiger partial charge on any atom is -0.493 e. The van der Waals surface area contributed by atoms with Gasteiger partial charge in [-0.3, -0.25) is 0 Å². The van der Waals surface area contributed by atoms with Crippen LogP contribution < -0.4 is 10.1 Å².